The van der Waals surface area contributed by atoms with Gasteiger partial charge in [-0.05, 0) is 32.9 Å². The van der Waals surface area contributed by atoms with Gasteiger partial charge in [0.05, 0.1) is 27.7 Å². The third-order valence-electron chi connectivity index (χ3n) is 5.06. The Kier molecular flexibility index (Phi) is 5.52. The zero-order valence-corrected chi connectivity index (χ0v) is 18.0. The first-order valence-electron chi connectivity index (χ1n) is 9.84. The summed E-state index contributed by atoms with van der Waals surface area (Å²) < 4.78 is 30.5. The summed E-state index contributed by atoms with van der Waals surface area (Å²) in [5, 5.41) is 11.1. The molecular weight excluding hydrogens is 404 g/mol. The largest absolute Gasteiger partial charge is 0.401 e. The van der Waals surface area contributed by atoms with E-state index in [2.05, 4.69) is 25.5 Å². The maximum Gasteiger partial charge on any atom is 0.318 e. The highest BCUT2D eigenvalue weighted by Gasteiger charge is 2.21. The van der Waals surface area contributed by atoms with Crippen molar-refractivity contribution in [3.63, 3.8) is 0 Å². The Morgan fingerprint density at radius 1 is 1.13 bits per heavy atom. The van der Waals surface area contributed by atoms with Gasteiger partial charge < -0.3 is 14.6 Å². The van der Waals surface area contributed by atoms with Gasteiger partial charge in [-0.25, -0.2) is 13.4 Å². The molecule has 3 aromatic rings. The first-order chi connectivity index (χ1) is 14.4. The molecule has 2 aromatic heterocycles. The fraction of sp³-hybridized carbons (Fsp3) is 0.400. The molecular formula is C20H28N6O3S. The zero-order valence-electron chi connectivity index (χ0n) is 17.2. The van der Waals surface area contributed by atoms with Crippen LogP contribution in [0.3, 0.4) is 0 Å². The SMILES string of the molecule is Cc1ncc(-c2ccc(S(=O)(=O)C(C)C)cc2)nc1-c1nnc(N2CCNCC2)o1.[HH].[HH]. The number of nitrogens with zero attached hydrogens (tertiary/aromatic N) is 5. The summed E-state index contributed by atoms with van der Waals surface area (Å²) in [5.74, 6) is 0.314. The minimum absolute atomic E-state index is 0. The van der Waals surface area contributed by atoms with Crippen LogP contribution < -0.4 is 10.2 Å². The van der Waals surface area contributed by atoms with E-state index in [1.54, 1.807) is 44.3 Å². The van der Waals surface area contributed by atoms with Gasteiger partial charge in [0.15, 0.2) is 9.84 Å². The average molecular weight is 433 g/mol. The van der Waals surface area contributed by atoms with E-state index in [9.17, 15) is 8.42 Å². The second-order valence-corrected chi connectivity index (χ2v) is 9.94. The lowest BCUT2D eigenvalue weighted by Crippen LogP contribution is -2.43. The van der Waals surface area contributed by atoms with Crippen LogP contribution in [0.5, 0.6) is 0 Å². The summed E-state index contributed by atoms with van der Waals surface area (Å²) >= 11 is 0. The lowest BCUT2D eigenvalue weighted by atomic mass is 10.1. The molecule has 4 rings (SSSR count). The van der Waals surface area contributed by atoms with Crippen molar-refractivity contribution in [2.45, 2.75) is 30.9 Å². The molecule has 0 amide bonds. The Morgan fingerprint density at radius 2 is 1.83 bits per heavy atom. The maximum atomic E-state index is 12.3. The number of benzene rings is 1. The summed E-state index contributed by atoms with van der Waals surface area (Å²) in [7, 11) is -3.32. The van der Waals surface area contributed by atoms with E-state index in [-0.39, 0.29) is 2.85 Å². The van der Waals surface area contributed by atoms with E-state index in [1.807, 2.05) is 11.8 Å². The molecule has 1 fully saturated rings. The predicted octanol–water partition coefficient (Wildman–Crippen LogP) is 2.59. The van der Waals surface area contributed by atoms with E-state index in [1.165, 1.54) is 0 Å². The van der Waals surface area contributed by atoms with Crippen LogP contribution in [-0.2, 0) is 9.84 Å². The minimum atomic E-state index is -3.32. The molecule has 1 aromatic carbocycles. The van der Waals surface area contributed by atoms with Crippen LogP contribution in [0, 0.1) is 6.92 Å². The second kappa shape index (κ2) is 8.11. The van der Waals surface area contributed by atoms with Crippen molar-refractivity contribution in [1.82, 2.24) is 25.5 Å². The standard InChI is InChI=1S/C20H24N6O3S.2H2/c1-13(2)30(27,28)16-6-4-15(5-7-16)17-12-22-14(3)18(23-17)19-24-25-20(29-19)26-10-8-21-9-11-26;;/h4-7,12-13,21H,8-11H2,1-3H3;2*1H. The van der Waals surface area contributed by atoms with Gasteiger partial charge in [-0.1, -0.05) is 17.2 Å². The number of rotatable bonds is 5. The van der Waals surface area contributed by atoms with E-state index < -0.39 is 15.1 Å². The van der Waals surface area contributed by atoms with Gasteiger partial charge in [-0.3, -0.25) is 4.98 Å². The number of piperazine rings is 1. The monoisotopic (exact) mass is 432 g/mol. The molecule has 162 valence electrons. The van der Waals surface area contributed by atoms with Crippen molar-refractivity contribution in [1.29, 1.82) is 0 Å². The molecule has 9 nitrogen and oxygen atoms in total. The lowest BCUT2D eigenvalue weighted by Gasteiger charge is -2.24. The first-order valence-corrected chi connectivity index (χ1v) is 11.4. The number of hydrogen-bond donors (Lipinski definition) is 1. The summed E-state index contributed by atoms with van der Waals surface area (Å²) in [6.07, 6.45) is 1.65. The zero-order chi connectivity index (χ0) is 21.3. The molecule has 0 spiro atoms. The molecule has 3 heterocycles. The van der Waals surface area contributed by atoms with Gasteiger partial charge in [0.2, 0.25) is 0 Å². The minimum Gasteiger partial charge on any atom is -0.401 e. The maximum absolute atomic E-state index is 12.3. The van der Waals surface area contributed by atoms with Gasteiger partial charge in [0, 0.05) is 34.6 Å². The Bertz CT molecular complexity index is 1150. The topological polar surface area (TPSA) is 114 Å². The van der Waals surface area contributed by atoms with Crippen LogP contribution in [0.15, 0.2) is 39.8 Å². The Labute approximate surface area is 178 Å². The van der Waals surface area contributed by atoms with Crippen molar-refractivity contribution in [3.8, 4) is 22.8 Å². The van der Waals surface area contributed by atoms with Gasteiger partial charge in [0.25, 0.3) is 5.89 Å². The molecule has 0 radical (unpaired) electrons. The number of hydrogen-bond acceptors (Lipinski definition) is 9. The quantitative estimate of drug-likeness (QED) is 0.649. The summed E-state index contributed by atoms with van der Waals surface area (Å²) in [4.78, 5) is 11.4. The summed E-state index contributed by atoms with van der Waals surface area (Å²) in [6, 6.07) is 7.14. The average Bonchev–Trinajstić information content (AvgIpc) is 3.25. The van der Waals surface area contributed by atoms with E-state index in [0.717, 1.165) is 31.7 Å². The molecule has 0 unspecified atom stereocenters. The van der Waals surface area contributed by atoms with Crippen LogP contribution in [-0.4, -0.2) is 60.0 Å². The summed E-state index contributed by atoms with van der Waals surface area (Å²) in [6.45, 7) is 8.51. The number of aryl methyl sites for hydroxylation is 1. The molecule has 1 saturated heterocycles. The van der Waals surface area contributed by atoms with Crippen molar-refractivity contribution >= 4 is 15.9 Å². The van der Waals surface area contributed by atoms with E-state index in [4.69, 9.17) is 4.42 Å². The van der Waals surface area contributed by atoms with E-state index in [0.29, 0.717) is 33.9 Å². The van der Waals surface area contributed by atoms with Crippen molar-refractivity contribution < 1.29 is 15.7 Å². The first kappa shape index (κ1) is 20.4. The predicted molar refractivity (Wildman–Crippen MR) is 117 cm³/mol. The Hall–Kier alpha value is -2.85. The highest BCUT2D eigenvalue weighted by Crippen LogP contribution is 2.27. The highest BCUT2D eigenvalue weighted by atomic mass is 32.2. The second-order valence-electron chi connectivity index (χ2n) is 7.43. The van der Waals surface area contributed by atoms with Crippen molar-refractivity contribution in [2.75, 3.05) is 31.1 Å². The Balaban J connectivity index is 0.00000181. The molecule has 0 bridgehead atoms. The number of anilines is 1. The van der Waals surface area contributed by atoms with Crippen LogP contribution in [0.4, 0.5) is 6.01 Å². The number of nitrogens with one attached hydrogen (secondary N) is 1. The smallest absolute Gasteiger partial charge is 0.318 e. The molecule has 1 aliphatic rings. The molecule has 30 heavy (non-hydrogen) atoms. The third kappa shape index (κ3) is 3.92. The van der Waals surface area contributed by atoms with Crippen LogP contribution in [0.1, 0.15) is 22.4 Å². The van der Waals surface area contributed by atoms with Crippen LogP contribution in [0.25, 0.3) is 22.8 Å². The molecule has 1 aliphatic heterocycles. The number of sulfone groups is 1. The van der Waals surface area contributed by atoms with Crippen LogP contribution >= 0.6 is 0 Å². The fourth-order valence-corrected chi connectivity index (χ4v) is 4.23. The van der Waals surface area contributed by atoms with Crippen LogP contribution in [0.2, 0.25) is 0 Å². The molecule has 0 aliphatic carbocycles. The van der Waals surface area contributed by atoms with Gasteiger partial charge in [-0.15, -0.1) is 5.10 Å². The fourth-order valence-electron chi connectivity index (χ4n) is 3.17. The normalized spacial score (nSPS) is 15.0. The van der Waals surface area contributed by atoms with Gasteiger partial charge in [0.1, 0.15) is 5.69 Å². The number of aromatic nitrogens is 4. The third-order valence-corrected chi connectivity index (χ3v) is 7.23. The van der Waals surface area contributed by atoms with Gasteiger partial charge >= 0.3 is 6.01 Å². The van der Waals surface area contributed by atoms with Crippen molar-refractivity contribution in [2.24, 2.45) is 0 Å². The molecule has 0 atom stereocenters. The molecule has 10 heteroatoms. The molecule has 1 N–H and O–H groups in total. The lowest BCUT2D eigenvalue weighted by molar-refractivity contribution is 0.504. The van der Waals surface area contributed by atoms with Crippen molar-refractivity contribution in [3.05, 3.63) is 36.2 Å². The Morgan fingerprint density at radius 3 is 2.50 bits per heavy atom. The molecule has 0 saturated carbocycles. The van der Waals surface area contributed by atoms with Gasteiger partial charge in [-0.2, -0.15) is 0 Å². The highest BCUT2D eigenvalue weighted by molar-refractivity contribution is 7.92. The summed E-state index contributed by atoms with van der Waals surface area (Å²) in [5.41, 5.74) is 2.55. The van der Waals surface area contributed by atoms with E-state index >= 15 is 0 Å².